The summed E-state index contributed by atoms with van der Waals surface area (Å²) in [5.74, 6) is -1.25. The van der Waals surface area contributed by atoms with Gasteiger partial charge in [0.05, 0.1) is 19.3 Å². The summed E-state index contributed by atoms with van der Waals surface area (Å²) in [5.41, 5.74) is -0.870. The molecule has 1 aromatic heterocycles. The van der Waals surface area contributed by atoms with E-state index in [4.69, 9.17) is 18.6 Å². The second-order valence-electron chi connectivity index (χ2n) is 8.28. The maximum atomic E-state index is 13.6. The van der Waals surface area contributed by atoms with E-state index in [9.17, 15) is 40.5 Å². The van der Waals surface area contributed by atoms with Crippen molar-refractivity contribution in [1.29, 1.82) is 0 Å². The largest absolute Gasteiger partial charge is 0.507 e. The lowest BCUT2D eigenvalue weighted by atomic mass is 9.98. The second kappa shape index (κ2) is 9.93. The topological polar surface area (TPSA) is 200 Å². The lowest BCUT2D eigenvalue weighted by molar-refractivity contribution is -0.277. The van der Waals surface area contributed by atoms with Gasteiger partial charge in [-0.05, 0) is 13.0 Å². The van der Waals surface area contributed by atoms with E-state index in [1.165, 1.54) is 38.3 Å². The molecule has 0 saturated carbocycles. The molecule has 1 fully saturated rings. The van der Waals surface area contributed by atoms with Crippen LogP contribution in [0.2, 0.25) is 0 Å². The average Bonchev–Trinajstić information content (AvgIpc) is 2.87. The number of hydrogen-bond donors (Lipinski definition) is 7. The molecule has 0 bridgehead atoms. The van der Waals surface area contributed by atoms with E-state index in [0.29, 0.717) is 0 Å². The van der Waals surface area contributed by atoms with Gasteiger partial charge in [-0.15, -0.1) is 0 Å². The van der Waals surface area contributed by atoms with Gasteiger partial charge in [-0.3, -0.25) is 4.79 Å². The number of para-hydroxylation sites is 1. The fraction of sp³-hybridized carbons (Fsp3) is 0.375. The zero-order valence-corrected chi connectivity index (χ0v) is 19.3. The highest BCUT2D eigenvalue weighted by Crippen LogP contribution is 2.42. The maximum absolute atomic E-state index is 13.6. The van der Waals surface area contributed by atoms with Gasteiger partial charge in [-0.1, -0.05) is 12.1 Å². The predicted octanol–water partition coefficient (Wildman–Crippen LogP) is -0.141. The fourth-order valence-corrected chi connectivity index (χ4v) is 4.18. The molecule has 1 aliphatic rings. The fourth-order valence-electron chi connectivity index (χ4n) is 4.18. The molecular formula is C24H26O12. The first-order chi connectivity index (χ1) is 17.1. The molecule has 0 spiro atoms. The normalized spacial score (nSPS) is 24.1. The Balaban J connectivity index is 1.90. The molecule has 0 aliphatic carbocycles. The quantitative estimate of drug-likeness (QED) is 0.234. The van der Waals surface area contributed by atoms with Crippen LogP contribution in [0.3, 0.4) is 0 Å². The lowest BCUT2D eigenvalue weighted by Crippen LogP contribution is -2.60. The summed E-state index contributed by atoms with van der Waals surface area (Å²) in [4.78, 5) is 13.6. The molecule has 36 heavy (non-hydrogen) atoms. The number of phenols is 2. The van der Waals surface area contributed by atoms with Crippen LogP contribution in [0.25, 0.3) is 22.1 Å². The molecule has 5 atom stereocenters. The summed E-state index contributed by atoms with van der Waals surface area (Å²) in [6.07, 6.45) is -8.12. The molecule has 12 heteroatoms. The number of methoxy groups -OCH3 is 1. The first-order valence-electron chi connectivity index (χ1n) is 10.9. The highest BCUT2D eigenvalue weighted by atomic mass is 16.7. The molecular weight excluding hydrogens is 480 g/mol. The van der Waals surface area contributed by atoms with E-state index in [1.54, 1.807) is 0 Å². The van der Waals surface area contributed by atoms with Crippen LogP contribution in [0.5, 0.6) is 23.0 Å². The summed E-state index contributed by atoms with van der Waals surface area (Å²) in [6, 6.07) is 5.36. The van der Waals surface area contributed by atoms with Crippen molar-refractivity contribution in [2.24, 2.45) is 0 Å². The van der Waals surface area contributed by atoms with E-state index in [-0.39, 0.29) is 44.9 Å². The number of aliphatic hydroxyl groups excluding tert-OH is 5. The molecule has 3 aromatic rings. The second-order valence-corrected chi connectivity index (χ2v) is 8.28. The Morgan fingerprint density at radius 2 is 1.78 bits per heavy atom. The van der Waals surface area contributed by atoms with Gasteiger partial charge >= 0.3 is 0 Å². The summed E-state index contributed by atoms with van der Waals surface area (Å²) in [5, 5.41) is 70.9. The van der Waals surface area contributed by atoms with E-state index >= 15 is 0 Å². The van der Waals surface area contributed by atoms with Crippen molar-refractivity contribution in [1.82, 2.24) is 0 Å². The first-order valence-corrected chi connectivity index (χ1v) is 10.9. The van der Waals surface area contributed by atoms with Gasteiger partial charge in [0, 0.05) is 17.2 Å². The van der Waals surface area contributed by atoms with Crippen LogP contribution in [-0.4, -0.2) is 80.2 Å². The monoisotopic (exact) mass is 506 g/mol. The number of ether oxygens (including phenoxy) is 3. The number of rotatable bonds is 6. The molecule has 1 aliphatic heterocycles. The van der Waals surface area contributed by atoms with Crippen molar-refractivity contribution in [3.8, 4) is 34.1 Å². The molecule has 7 N–H and O–H groups in total. The standard InChI is InChI=1S/C24H26O12/c1-9-12(33-2)6-13-17(18(9)28)20(30)16(14(7-25)34-13)10-4-3-5-11(27)23(10)36-24-22(32)21(31)19(29)15(8-26)35-24/h3-6,15,19,21-22,24-29,31-32H,7-8H2,1-2H3/t15-,19-,21+,22-,24+/m1/s1. The third kappa shape index (κ3) is 4.13. The van der Waals surface area contributed by atoms with Gasteiger partial charge in [-0.25, -0.2) is 0 Å². The molecule has 0 unspecified atom stereocenters. The summed E-state index contributed by atoms with van der Waals surface area (Å²) >= 11 is 0. The van der Waals surface area contributed by atoms with Crippen LogP contribution in [0, 0.1) is 6.92 Å². The Labute approximate surface area is 203 Å². The first kappa shape index (κ1) is 25.7. The Bertz CT molecular complexity index is 1330. The van der Waals surface area contributed by atoms with Crippen LogP contribution in [-0.2, 0) is 11.3 Å². The van der Waals surface area contributed by atoms with Crippen LogP contribution in [0.4, 0.5) is 0 Å². The van der Waals surface area contributed by atoms with Gasteiger partial charge in [0.15, 0.2) is 11.5 Å². The molecule has 0 radical (unpaired) electrons. The van der Waals surface area contributed by atoms with Crippen LogP contribution < -0.4 is 14.9 Å². The van der Waals surface area contributed by atoms with E-state index in [0.717, 1.165) is 0 Å². The van der Waals surface area contributed by atoms with Crippen molar-refractivity contribution >= 4 is 11.0 Å². The number of benzene rings is 2. The van der Waals surface area contributed by atoms with Crippen LogP contribution in [0.15, 0.2) is 33.5 Å². The third-order valence-electron chi connectivity index (χ3n) is 6.15. The molecule has 1 saturated heterocycles. The van der Waals surface area contributed by atoms with Crippen LogP contribution >= 0.6 is 0 Å². The zero-order valence-electron chi connectivity index (χ0n) is 19.3. The van der Waals surface area contributed by atoms with Gasteiger partial charge < -0.3 is 54.4 Å². The molecule has 12 nitrogen and oxygen atoms in total. The Hall–Kier alpha value is -3.39. The van der Waals surface area contributed by atoms with Crippen molar-refractivity contribution < 1.29 is 54.4 Å². The third-order valence-corrected chi connectivity index (χ3v) is 6.15. The Morgan fingerprint density at radius 1 is 1.06 bits per heavy atom. The highest BCUT2D eigenvalue weighted by Gasteiger charge is 2.45. The molecule has 194 valence electrons. The molecule has 4 rings (SSSR count). The summed E-state index contributed by atoms with van der Waals surface area (Å²) in [7, 11) is 1.38. The number of phenolic OH excluding ortho intramolecular Hbond substituents is 2. The minimum absolute atomic E-state index is 0.0516. The lowest BCUT2D eigenvalue weighted by Gasteiger charge is -2.39. The van der Waals surface area contributed by atoms with Crippen molar-refractivity contribution in [2.45, 2.75) is 44.2 Å². The number of aromatic hydroxyl groups is 2. The smallest absolute Gasteiger partial charge is 0.229 e. The highest BCUT2D eigenvalue weighted by molar-refractivity contribution is 5.91. The van der Waals surface area contributed by atoms with E-state index in [1.807, 2.05) is 0 Å². The van der Waals surface area contributed by atoms with Gasteiger partial charge in [0.25, 0.3) is 0 Å². The number of aliphatic hydroxyl groups is 5. The van der Waals surface area contributed by atoms with Gasteiger partial charge in [-0.2, -0.15) is 0 Å². The van der Waals surface area contributed by atoms with E-state index in [2.05, 4.69) is 0 Å². The van der Waals surface area contributed by atoms with Gasteiger partial charge in [0.1, 0.15) is 59.3 Å². The van der Waals surface area contributed by atoms with Crippen molar-refractivity contribution in [3.05, 3.63) is 45.8 Å². The minimum atomic E-state index is -1.79. The number of fused-ring (bicyclic) bond motifs is 1. The SMILES string of the molecule is COc1cc2oc(CO)c(-c3cccc(O)c3O[C@@H]3O[C@H](CO)[C@@H](O)[C@H](O)[C@H]3O)c(=O)c2c(O)c1C. The van der Waals surface area contributed by atoms with Crippen molar-refractivity contribution in [3.63, 3.8) is 0 Å². The predicted molar refractivity (Wildman–Crippen MR) is 123 cm³/mol. The molecule has 2 heterocycles. The summed E-state index contributed by atoms with van der Waals surface area (Å²) < 4.78 is 21.9. The van der Waals surface area contributed by atoms with Crippen molar-refractivity contribution in [2.75, 3.05) is 13.7 Å². The minimum Gasteiger partial charge on any atom is -0.507 e. The number of hydrogen-bond acceptors (Lipinski definition) is 12. The van der Waals surface area contributed by atoms with E-state index < -0.39 is 60.8 Å². The maximum Gasteiger partial charge on any atom is 0.229 e. The molecule has 0 amide bonds. The van der Waals surface area contributed by atoms with Crippen LogP contribution in [0.1, 0.15) is 11.3 Å². The summed E-state index contributed by atoms with van der Waals surface area (Å²) in [6.45, 7) is 0.0880. The average molecular weight is 506 g/mol. The Kier molecular flexibility index (Phi) is 7.09. The molecule has 2 aromatic carbocycles. The zero-order chi connectivity index (χ0) is 26.3. The Morgan fingerprint density at radius 3 is 2.42 bits per heavy atom. The van der Waals surface area contributed by atoms with Gasteiger partial charge in [0.2, 0.25) is 11.7 Å².